The molecule has 0 bridgehead atoms. The first-order valence-corrected chi connectivity index (χ1v) is 8.69. The van der Waals surface area contributed by atoms with E-state index in [-0.39, 0.29) is 0 Å². The number of nitrogens with zero attached hydrogens (tertiary/aromatic N) is 3. The largest absolute Gasteiger partial charge is 0.497 e. The summed E-state index contributed by atoms with van der Waals surface area (Å²) < 4.78 is 7.13. The quantitative estimate of drug-likeness (QED) is 0.543. The fourth-order valence-corrected chi connectivity index (χ4v) is 3.01. The molecular formula is C22H20N4O. The summed E-state index contributed by atoms with van der Waals surface area (Å²) >= 11 is 0. The van der Waals surface area contributed by atoms with E-state index >= 15 is 0 Å². The number of methoxy groups -OCH3 is 1. The van der Waals surface area contributed by atoms with Gasteiger partial charge in [0.15, 0.2) is 0 Å². The van der Waals surface area contributed by atoms with Crippen LogP contribution < -0.4 is 10.5 Å². The second kappa shape index (κ2) is 7.33. The van der Waals surface area contributed by atoms with Crippen molar-refractivity contribution in [2.45, 2.75) is 6.54 Å². The monoisotopic (exact) mass is 356 g/mol. The third-order valence-electron chi connectivity index (χ3n) is 4.46. The number of nitrogens with two attached hydrogens (primary N) is 1. The summed E-state index contributed by atoms with van der Waals surface area (Å²) in [7, 11) is 1.66. The molecule has 0 saturated heterocycles. The zero-order valence-electron chi connectivity index (χ0n) is 15.0. The van der Waals surface area contributed by atoms with Gasteiger partial charge in [-0.25, -0.2) is 0 Å². The smallest absolute Gasteiger partial charge is 0.118 e. The molecule has 0 atom stereocenters. The number of ether oxygens (including phenoxy) is 1. The third kappa shape index (κ3) is 3.67. The molecular weight excluding hydrogens is 336 g/mol. The van der Waals surface area contributed by atoms with Crippen LogP contribution >= 0.6 is 0 Å². The van der Waals surface area contributed by atoms with Crippen LogP contribution in [0.3, 0.4) is 0 Å². The van der Waals surface area contributed by atoms with Crippen LogP contribution in [0.2, 0.25) is 0 Å². The van der Waals surface area contributed by atoms with Gasteiger partial charge in [-0.1, -0.05) is 24.3 Å². The molecule has 4 rings (SSSR count). The van der Waals surface area contributed by atoms with Crippen molar-refractivity contribution in [3.63, 3.8) is 0 Å². The highest BCUT2D eigenvalue weighted by molar-refractivity contribution is 5.80. The first kappa shape index (κ1) is 16.8. The van der Waals surface area contributed by atoms with E-state index in [9.17, 15) is 0 Å². The van der Waals surface area contributed by atoms with Gasteiger partial charge in [0.2, 0.25) is 0 Å². The first-order valence-electron chi connectivity index (χ1n) is 8.69. The predicted octanol–water partition coefficient (Wildman–Crippen LogP) is 4.25. The maximum atomic E-state index is 6.23. The van der Waals surface area contributed by atoms with Crippen LogP contribution in [-0.4, -0.2) is 21.9 Å². The number of hydrogen-bond acceptors (Lipinski definition) is 4. The van der Waals surface area contributed by atoms with E-state index in [0.717, 1.165) is 33.7 Å². The molecule has 0 aliphatic rings. The number of hydrogen-bond donors (Lipinski definition) is 1. The van der Waals surface area contributed by atoms with E-state index in [1.165, 1.54) is 0 Å². The molecule has 2 aromatic heterocycles. The van der Waals surface area contributed by atoms with Crippen LogP contribution in [0.25, 0.3) is 22.4 Å². The normalized spacial score (nSPS) is 10.7. The van der Waals surface area contributed by atoms with Crippen LogP contribution in [-0.2, 0) is 6.54 Å². The molecule has 2 heterocycles. The lowest BCUT2D eigenvalue weighted by Gasteiger charge is -2.08. The number of nitrogen functional groups attached to an aromatic ring is 1. The molecule has 0 amide bonds. The Balaban J connectivity index is 1.63. The van der Waals surface area contributed by atoms with Crippen molar-refractivity contribution >= 4 is 5.69 Å². The Morgan fingerprint density at radius 2 is 1.81 bits per heavy atom. The lowest BCUT2D eigenvalue weighted by Crippen LogP contribution is -2.01. The second-order valence-electron chi connectivity index (χ2n) is 6.29. The van der Waals surface area contributed by atoms with Crippen LogP contribution in [0.5, 0.6) is 5.75 Å². The Morgan fingerprint density at radius 3 is 2.56 bits per heavy atom. The van der Waals surface area contributed by atoms with Gasteiger partial charge in [-0.3, -0.25) is 9.67 Å². The van der Waals surface area contributed by atoms with E-state index in [0.29, 0.717) is 12.2 Å². The second-order valence-corrected chi connectivity index (χ2v) is 6.29. The van der Waals surface area contributed by atoms with Crippen molar-refractivity contribution < 1.29 is 4.74 Å². The minimum absolute atomic E-state index is 0.673. The Labute approximate surface area is 158 Å². The van der Waals surface area contributed by atoms with E-state index in [2.05, 4.69) is 16.1 Å². The van der Waals surface area contributed by atoms with Gasteiger partial charge in [-0.2, -0.15) is 5.10 Å². The highest BCUT2D eigenvalue weighted by Gasteiger charge is 2.09. The van der Waals surface area contributed by atoms with Gasteiger partial charge in [0, 0.05) is 29.8 Å². The average Bonchev–Trinajstić information content (AvgIpc) is 3.17. The number of rotatable bonds is 5. The maximum absolute atomic E-state index is 6.23. The predicted molar refractivity (Wildman–Crippen MR) is 107 cm³/mol. The number of anilines is 1. The lowest BCUT2D eigenvalue weighted by molar-refractivity contribution is 0.415. The molecule has 0 aliphatic heterocycles. The number of aromatic nitrogens is 3. The van der Waals surface area contributed by atoms with Gasteiger partial charge in [0.25, 0.3) is 0 Å². The zero-order valence-corrected chi connectivity index (χ0v) is 15.0. The van der Waals surface area contributed by atoms with E-state index in [1.54, 1.807) is 13.3 Å². The molecule has 27 heavy (non-hydrogen) atoms. The zero-order chi connectivity index (χ0) is 18.6. The summed E-state index contributed by atoms with van der Waals surface area (Å²) in [6, 6.07) is 19.9. The van der Waals surface area contributed by atoms with Gasteiger partial charge in [-0.05, 0) is 53.1 Å². The molecule has 0 aliphatic carbocycles. The summed E-state index contributed by atoms with van der Waals surface area (Å²) in [5, 5.41) is 4.69. The molecule has 2 N–H and O–H groups in total. The Hall–Kier alpha value is -3.60. The molecule has 134 valence electrons. The van der Waals surface area contributed by atoms with Crippen molar-refractivity contribution in [2.75, 3.05) is 12.8 Å². The van der Waals surface area contributed by atoms with Crippen molar-refractivity contribution in [3.05, 3.63) is 84.8 Å². The molecule has 0 radical (unpaired) electrons. The highest BCUT2D eigenvalue weighted by Crippen LogP contribution is 2.31. The Bertz CT molecular complexity index is 1040. The van der Waals surface area contributed by atoms with Crippen molar-refractivity contribution in [1.29, 1.82) is 0 Å². The number of benzene rings is 2. The van der Waals surface area contributed by atoms with Gasteiger partial charge in [-0.15, -0.1) is 0 Å². The fraction of sp³-hybridized carbons (Fsp3) is 0.0909. The van der Waals surface area contributed by atoms with Crippen LogP contribution in [0.4, 0.5) is 5.69 Å². The molecule has 5 heteroatoms. The maximum Gasteiger partial charge on any atom is 0.118 e. The third-order valence-corrected chi connectivity index (χ3v) is 4.46. The Kier molecular flexibility index (Phi) is 4.58. The highest BCUT2D eigenvalue weighted by atomic mass is 16.5. The molecule has 5 nitrogen and oxygen atoms in total. The number of pyridine rings is 1. The minimum atomic E-state index is 0.673. The van der Waals surface area contributed by atoms with Crippen molar-refractivity contribution in [2.24, 2.45) is 0 Å². The summed E-state index contributed by atoms with van der Waals surface area (Å²) in [5.74, 6) is 0.837. The molecule has 2 aromatic carbocycles. The standard InChI is InChI=1S/C22H20N4O/c1-27-19-7-4-17(5-8-19)18-6-9-21(23)20(13-18)22-10-12-26(25-22)15-16-3-2-11-24-14-16/h2-14H,15,23H2,1H3. The van der Waals surface area contributed by atoms with Gasteiger partial charge >= 0.3 is 0 Å². The van der Waals surface area contributed by atoms with E-state index in [1.807, 2.05) is 71.7 Å². The van der Waals surface area contributed by atoms with Gasteiger partial charge < -0.3 is 10.5 Å². The van der Waals surface area contributed by atoms with E-state index in [4.69, 9.17) is 10.5 Å². The molecule has 0 unspecified atom stereocenters. The topological polar surface area (TPSA) is 66.0 Å². The Morgan fingerprint density at radius 1 is 1.00 bits per heavy atom. The van der Waals surface area contributed by atoms with Crippen molar-refractivity contribution in [3.8, 4) is 28.1 Å². The summed E-state index contributed by atoms with van der Waals surface area (Å²) in [6.07, 6.45) is 5.57. The van der Waals surface area contributed by atoms with Crippen molar-refractivity contribution in [1.82, 2.24) is 14.8 Å². The first-order chi connectivity index (χ1) is 13.2. The molecule has 0 fully saturated rings. The van der Waals surface area contributed by atoms with Gasteiger partial charge in [0.1, 0.15) is 5.75 Å². The average molecular weight is 356 g/mol. The fourth-order valence-electron chi connectivity index (χ4n) is 3.01. The summed E-state index contributed by atoms with van der Waals surface area (Å²) in [6.45, 7) is 0.673. The summed E-state index contributed by atoms with van der Waals surface area (Å²) in [5.41, 5.74) is 12.0. The van der Waals surface area contributed by atoms with Gasteiger partial charge in [0.05, 0.1) is 19.3 Å². The molecule has 0 saturated carbocycles. The SMILES string of the molecule is COc1ccc(-c2ccc(N)c(-c3ccn(Cc4cccnc4)n3)c2)cc1. The molecule has 4 aromatic rings. The van der Waals surface area contributed by atoms with Crippen LogP contribution in [0, 0.1) is 0 Å². The van der Waals surface area contributed by atoms with E-state index < -0.39 is 0 Å². The lowest BCUT2D eigenvalue weighted by atomic mass is 10.0. The minimum Gasteiger partial charge on any atom is -0.497 e. The van der Waals surface area contributed by atoms with Crippen LogP contribution in [0.15, 0.2) is 79.3 Å². The van der Waals surface area contributed by atoms with Crippen LogP contribution in [0.1, 0.15) is 5.56 Å². The molecule has 0 spiro atoms. The summed E-state index contributed by atoms with van der Waals surface area (Å²) in [4.78, 5) is 4.15.